The summed E-state index contributed by atoms with van der Waals surface area (Å²) in [6, 6.07) is 0. The van der Waals surface area contributed by atoms with Crippen LogP contribution in [0.2, 0.25) is 0 Å². The van der Waals surface area contributed by atoms with Crippen molar-refractivity contribution in [1.82, 2.24) is 0 Å². The van der Waals surface area contributed by atoms with Crippen LogP contribution in [0.15, 0.2) is 20.6 Å². The number of nitrogens with zero attached hydrogens (tertiary/aromatic N) is 4. The molecule has 0 aliphatic rings. The monoisotopic (exact) mass is 202 g/mol. The van der Waals surface area contributed by atoms with Gasteiger partial charge in [0.25, 0.3) is 0 Å². The van der Waals surface area contributed by atoms with Gasteiger partial charge in [0.2, 0.25) is 0 Å². The van der Waals surface area contributed by atoms with Crippen LogP contribution in [0.5, 0.6) is 0 Å². The summed E-state index contributed by atoms with van der Waals surface area (Å²) in [6.07, 6.45) is 0. The Kier molecular flexibility index (Phi) is 4.68. The lowest BCUT2D eigenvalue weighted by molar-refractivity contribution is 0.310. The van der Waals surface area contributed by atoms with Gasteiger partial charge in [-0.05, 0) is 13.8 Å². The van der Waals surface area contributed by atoms with Crippen molar-refractivity contribution >= 4 is 22.8 Å². The smallest absolute Gasteiger partial charge is 0.158 e. The van der Waals surface area contributed by atoms with Crippen molar-refractivity contribution in [2.75, 3.05) is 0 Å². The van der Waals surface area contributed by atoms with E-state index in [-0.39, 0.29) is 22.8 Å². The third kappa shape index (κ3) is 2.44. The average Bonchev–Trinajstić information content (AvgIpc) is 2.23. The van der Waals surface area contributed by atoms with E-state index in [1.165, 1.54) is 13.8 Å². The van der Waals surface area contributed by atoms with Crippen molar-refractivity contribution in [1.29, 1.82) is 0 Å². The van der Waals surface area contributed by atoms with E-state index in [0.29, 0.717) is 0 Å². The van der Waals surface area contributed by atoms with Gasteiger partial charge in [-0.1, -0.05) is 20.6 Å². The van der Waals surface area contributed by atoms with E-state index in [4.69, 9.17) is 20.8 Å². The molecule has 0 fully saturated rings. The number of hydrogen-bond acceptors (Lipinski definition) is 8. The summed E-state index contributed by atoms with van der Waals surface area (Å²) in [5, 5.41) is 44.8. The molecule has 0 aliphatic heterocycles. The van der Waals surface area contributed by atoms with Crippen molar-refractivity contribution in [2.24, 2.45) is 20.6 Å². The zero-order valence-corrected chi connectivity index (χ0v) is 7.58. The SMILES string of the molecule is CC(=N/O)/C(=N/O)C(=N/O)/C(C)=N/O. The van der Waals surface area contributed by atoms with Crippen LogP contribution in [0.4, 0.5) is 0 Å². The largest absolute Gasteiger partial charge is 0.411 e. The minimum absolute atomic E-state index is 0.0942. The molecule has 0 saturated carbocycles. The summed E-state index contributed by atoms with van der Waals surface area (Å²) in [5.74, 6) is 0. The van der Waals surface area contributed by atoms with Crippen LogP contribution >= 0.6 is 0 Å². The lowest BCUT2D eigenvalue weighted by Crippen LogP contribution is -2.28. The van der Waals surface area contributed by atoms with Gasteiger partial charge in [0.05, 0.1) is 0 Å². The second kappa shape index (κ2) is 5.51. The van der Waals surface area contributed by atoms with Gasteiger partial charge in [-0.3, -0.25) is 0 Å². The third-order valence-corrected chi connectivity index (χ3v) is 1.41. The summed E-state index contributed by atoms with van der Waals surface area (Å²) in [5.41, 5.74) is -0.790. The van der Waals surface area contributed by atoms with Gasteiger partial charge < -0.3 is 20.8 Å². The Labute approximate surface area is 79.1 Å². The van der Waals surface area contributed by atoms with Crippen LogP contribution in [0.3, 0.4) is 0 Å². The summed E-state index contributed by atoms with van der Waals surface area (Å²) in [7, 11) is 0. The van der Waals surface area contributed by atoms with Crippen molar-refractivity contribution in [2.45, 2.75) is 13.8 Å². The maximum absolute atomic E-state index is 8.54. The van der Waals surface area contributed by atoms with E-state index in [1.54, 1.807) is 0 Å². The normalized spacial score (nSPS) is 15.9. The number of oxime groups is 4. The number of hydrogen-bond donors (Lipinski definition) is 4. The van der Waals surface area contributed by atoms with Gasteiger partial charge in [-0.25, -0.2) is 0 Å². The van der Waals surface area contributed by atoms with Crippen LogP contribution in [0.25, 0.3) is 0 Å². The molecule has 0 rings (SSSR count). The molecule has 0 atom stereocenters. The molecule has 8 heteroatoms. The highest BCUT2D eigenvalue weighted by atomic mass is 16.4. The molecular weight excluding hydrogens is 192 g/mol. The van der Waals surface area contributed by atoms with Gasteiger partial charge in [-0.15, -0.1) is 0 Å². The zero-order valence-electron chi connectivity index (χ0n) is 7.58. The Hall–Kier alpha value is -2.12. The van der Waals surface area contributed by atoms with Gasteiger partial charge >= 0.3 is 0 Å². The average molecular weight is 202 g/mol. The highest BCUT2D eigenvalue weighted by molar-refractivity contribution is 6.82. The second-order valence-corrected chi connectivity index (χ2v) is 2.27. The summed E-state index contributed by atoms with van der Waals surface area (Å²) >= 11 is 0. The third-order valence-electron chi connectivity index (χ3n) is 1.41. The first-order valence-electron chi connectivity index (χ1n) is 3.44. The van der Waals surface area contributed by atoms with Crippen LogP contribution < -0.4 is 0 Å². The molecule has 0 radical (unpaired) electrons. The van der Waals surface area contributed by atoms with Gasteiger partial charge in [-0.2, -0.15) is 0 Å². The fourth-order valence-corrected chi connectivity index (χ4v) is 0.677. The van der Waals surface area contributed by atoms with E-state index in [2.05, 4.69) is 20.6 Å². The fraction of sp³-hybridized carbons (Fsp3) is 0.333. The molecule has 78 valence electrons. The molecule has 8 nitrogen and oxygen atoms in total. The van der Waals surface area contributed by atoms with Crippen LogP contribution in [-0.2, 0) is 0 Å². The van der Waals surface area contributed by atoms with E-state index in [0.717, 1.165) is 0 Å². The first-order chi connectivity index (χ1) is 6.62. The first-order valence-corrected chi connectivity index (χ1v) is 3.44. The van der Waals surface area contributed by atoms with Crippen LogP contribution in [0.1, 0.15) is 13.8 Å². The molecular formula is C6H10N4O4. The highest BCUT2D eigenvalue weighted by Crippen LogP contribution is 1.93. The Balaban J connectivity index is 5.25. The predicted octanol–water partition coefficient (Wildman–Crippen LogP) is 0.347. The molecule has 0 saturated heterocycles. The number of rotatable bonds is 3. The molecule has 0 unspecified atom stereocenters. The molecule has 0 aromatic carbocycles. The van der Waals surface area contributed by atoms with E-state index in [9.17, 15) is 0 Å². The molecule has 0 heterocycles. The molecule has 0 aromatic heterocycles. The Morgan fingerprint density at radius 2 is 0.929 bits per heavy atom. The summed E-state index contributed by atoms with van der Waals surface area (Å²) in [6.45, 7) is 2.62. The molecule has 0 bridgehead atoms. The van der Waals surface area contributed by atoms with Gasteiger partial charge in [0.1, 0.15) is 11.4 Å². The van der Waals surface area contributed by atoms with Crippen molar-refractivity contribution in [3.8, 4) is 0 Å². The Morgan fingerprint density at radius 1 is 0.643 bits per heavy atom. The second-order valence-electron chi connectivity index (χ2n) is 2.27. The lowest BCUT2D eigenvalue weighted by Gasteiger charge is -2.02. The zero-order chi connectivity index (χ0) is 11.1. The predicted molar refractivity (Wildman–Crippen MR) is 48.2 cm³/mol. The summed E-state index contributed by atoms with van der Waals surface area (Å²) in [4.78, 5) is 0. The van der Waals surface area contributed by atoms with E-state index in [1.807, 2.05) is 0 Å². The van der Waals surface area contributed by atoms with Crippen molar-refractivity contribution in [3.63, 3.8) is 0 Å². The van der Waals surface area contributed by atoms with Crippen LogP contribution in [-0.4, -0.2) is 43.7 Å². The molecule has 0 amide bonds. The maximum Gasteiger partial charge on any atom is 0.158 e. The quantitative estimate of drug-likeness (QED) is 0.298. The van der Waals surface area contributed by atoms with Gasteiger partial charge in [0.15, 0.2) is 11.4 Å². The maximum atomic E-state index is 8.54. The molecule has 4 N–H and O–H groups in total. The molecule has 14 heavy (non-hydrogen) atoms. The first kappa shape index (κ1) is 11.9. The minimum atomic E-state index is -0.301. The topological polar surface area (TPSA) is 130 Å². The Bertz CT molecular complexity index is 286. The molecule has 0 aliphatic carbocycles. The minimum Gasteiger partial charge on any atom is -0.411 e. The molecule has 0 aromatic rings. The Morgan fingerprint density at radius 3 is 1.07 bits per heavy atom. The van der Waals surface area contributed by atoms with Crippen LogP contribution in [0, 0.1) is 0 Å². The molecule has 0 spiro atoms. The standard InChI is InChI=1S/C6H10N4O4/c1-3(7-11)5(9-13)6(10-14)4(2)8-12/h11-14H,1-2H3/b7-3-,8-4+,9-5-,10-6+. The van der Waals surface area contributed by atoms with Crippen molar-refractivity contribution < 1.29 is 20.8 Å². The summed E-state index contributed by atoms with van der Waals surface area (Å²) < 4.78 is 0. The van der Waals surface area contributed by atoms with E-state index >= 15 is 0 Å². The van der Waals surface area contributed by atoms with E-state index < -0.39 is 0 Å². The van der Waals surface area contributed by atoms with Crippen molar-refractivity contribution in [3.05, 3.63) is 0 Å². The fourth-order valence-electron chi connectivity index (χ4n) is 0.677. The highest BCUT2D eigenvalue weighted by Gasteiger charge is 2.18. The lowest BCUT2D eigenvalue weighted by atomic mass is 10.1. The van der Waals surface area contributed by atoms with Gasteiger partial charge in [0, 0.05) is 0 Å².